The predicted octanol–water partition coefficient (Wildman–Crippen LogP) is 3.15. The number of amides is 1. The van der Waals surface area contributed by atoms with Crippen LogP contribution in [-0.4, -0.2) is 45.7 Å². The summed E-state index contributed by atoms with van der Waals surface area (Å²) in [5.41, 5.74) is 0.266. The lowest BCUT2D eigenvalue weighted by Crippen LogP contribution is -2.35. The Morgan fingerprint density at radius 1 is 1.04 bits per heavy atom. The Balaban J connectivity index is 2.20. The molecule has 0 aliphatic rings. The van der Waals surface area contributed by atoms with Crippen molar-refractivity contribution in [3.8, 4) is 11.5 Å². The fraction of sp³-hybridized carbons (Fsp3) is 0.316. The van der Waals surface area contributed by atoms with Crippen LogP contribution in [0.5, 0.6) is 11.5 Å². The minimum absolute atomic E-state index is 0.111. The molecule has 0 saturated carbocycles. The second-order valence-electron chi connectivity index (χ2n) is 6.03. The highest BCUT2D eigenvalue weighted by Gasteiger charge is 2.21. The summed E-state index contributed by atoms with van der Waals surface area (Å²) >= 11 is 0. The van der Waals surface area contributed by atoms with Crippen LogP contribution < -0.4 is 14.8 Å². The number of hydrogen-bond donors (Lipinski definition) is 1. The van der Waals surface area contributed by atoms with Crippen LogP contribution in [0.3, 0.4) is 0 Å². The first-order chi connectivity index (χ1) is 12.8. The molecule has 0 aliphatic carbocycles. The molecule has 1 N–H and O–H groups in total. The molecule has 0 spiro atoms. The molecule has 8 heteroatoms. The maximum absolute atomic E-state index is 13.8. The minimum atomic E-state index is -1.67. The van der Waals surface area contributed by atoms with E-state index in [1.54, 1.807) is 12.1 Å². The van der Waals surface area contributed by atoms with Crippen molar-refractivity contribution < 1.29 is 27.4 Å². The number of benzene rings is 2. The average Bonchev–Trinajstić information content (AvgIpc) is 2.65. The van der Waals surface area contributed by atoms with Crippen LogP contribution in [0.15, 0.2) is 30.3 Å². The van der Waals surface area contributed by atoms with Gasteiger partial charge in [-0.05, 0) is 43.9 Å². The molecular weight excluding hydrogens is 361 g/mol. The molecule has 0 radical (unpaired) electrons. The van der Waals surface area contributed by atoms with E-state index in [-0.39, 0.29) is 12.6 Å². The van der Waals surface area contributed by atoms with Gasteiger partial charge in [0.2, 0.25) is 0 Å². The smallest absolute Gasteiger partial charge is 0.254 e. The number of nitrogens with zero attached hydrogens (tertiary/aromatic N) is 1. The third kappa shape index (κ3) is 4.51. The maximum atomic E-state index is 13.8. The van der Waals surface area contributed by atoms with Crippen molar-refractivity contribution in [2.24, 2.45) is 0 Å². The lowest BCUT2D eigenvalue weighted by molar-refractivity contribution is 0.0936. The lowest BCUT2D eigenvalue weighted by Gasteiger charge is -2.26. The van der Waals surface area contributed by atoms with Gasteiger partial charge in [0.1, 0.15) is 0 Å². The van der Waals surface area contributed by atoms with Crippen LogP contribution >= 0.6 is 0 Å². The Bertz CT molecular complexity index is 828. The largest absolute Gasteiger partial charge is 0.493 e. The van der Waals surface area contributed by atoms with Crippen molar-refractivity contribution in [1.82, 2.24) is 10.2 Å². The molecule has 1 atom stereocenters. The van der Waals surface area contributed by atoms with Gasteiger partial charge in [-0.1, -0.05) is 6.07 Å². The summed E-state index contributed by atoms with van der Waals surface area (Å²) in [6, 6.07) is 6.67. The van der Waals surface area contributed by atoms with Crippen molar-refractivity contribution >= 4 is 5.91 Å². The van der Waals surface area contributed by atoms with Gasteiger partial charge in [-0.3, -0.25) is 4.79 Å². The summed E-state index contributed by atoms with van der Waals surface area (Å²) in [5, 5.41) is 2.55. The molecule has 0 bridgehead atoms. The summed E-state index contributed by atoms with van der Waals surface area (Å²) in [6.07, 6.45) is 0. The van der Waals surface area contributed by atoms with Gasteiger partial charge in [0.15, 0.2) is 29.0 Å². The van der Waals surface area contributed by atoms with Gasteiger partial charge in [0.25, 0.3) is 5.91 Å². The number of ether oxygens (including phenoxy) is 2. The first kappa shape index (κ1) is 20.6. The number of likely N-dealkylation sites (N-methyl/N-ethyl adjacent to an activating group) is 1. The standard InChI is InChI=1S/C19H21F3N2O3/c1-24(2)14(11-5-8-15(26-3)16(9-11)27-4)10-23-19(25)12-6-7-13(20)18(22)17(12)21/h5-9,14H,10H2,1-4H3,(H,23,25). The monoisotopic (exact) mass is 382 g/mol. The SMILES string of the molecule is COc1ccc(C(CNC(=O)c2ccc(F)c(F)c2F)N(C)C)cc1OC. The molecule has 2 rings (SSSR count). The van der Waals surface area contributed by atoms with E-state index < -0.39 is 28.9 Å². The number of halogens is 3. The van der Waals surface area contributed by atoms with Gasteiger partial charge in [-0.2, -0.15) is 0 Å². The van der Waals surface area contributed by atoms with Crippen molar-refractivity contribution in [2.75, 3.05) is 34.9 Å². The van der Waals surface area contributed by atoms with Crippen molar-refractivity contribution in [1.29, 1.82) is 0 Å². The van der Waals surface area contributed by atoms with E-state index in [0.29, 0.717) is 17.6 Å². The molecule has 2 aromatic carbocycles. The van der Waals surface area contributed by atoms with Gasteiger partial charge < -0.3 is 19.7 Å². The zero-order chi connectivity index (χ0) is 20.1. The van der Waals surface area contributed by atoms with Crippen LogP contribution in [0.25, 0.3) is 0 Å². The molecule has 27 heavy (non-hydrogen) atoms. The van der Waals surface area contributed by atoms with Crippen molar-refractivity contribution in [2.45, 2.75) is 6.04 Å². The Morgan fingerprint density at radius 3 is 2.30 bits per heavy atom. The Hall–Kier alpha value is -2.74. The normalized spacial score (nSPS) is 12.0. The highest BCUT2D eigenvalue weighted by molar-refractivity contribution is 5.94. The molecule has 1 amide bonds. The van der Waals surface area contributed by atoms with Crippen molar-refractivity contribution in [3.63, 3.8) is 0 Å². The Kier molecular flexibility index (Phi) is 6.68. The Labute approximate surface area is 155 Å². The van der Waals surface area contributed by atoms with E-state index in [1.807, 2.05) is 25.1 Å². The number of hydrogen-bond acceptors (Lipinski definition) is 4. The molecule has 5 nitrogen and oxygen atoms in total. The topological polar surface area (TPSA) is 50.8 Å². The fourth-order valence-electron chi connectivity index (χ4n) is 2.64. The second-order valence-corrected chi connectivity index (χ2v) is 6.03. The summed E-state index contributed by atoms with van der Waals surface area (Å²) in [7, 11) is 6.66. The first-order valence-corrected chi connectivity index (χ1v) is 8.10. The van der Waals surface area contributed by atoms with E-state index in [9.17, 15) is 18.0 Å². The lowest BCUT2D eigenvalue weighted by atomic mass is 10.0. The molecule has 0 aromatic heterocycles. The van der Waals surface area contributed by atoms with E-state index in [0.717, 1.165) is 11.6 Å². The highest BCUT2D eigenvalue weighted by atomic mass is 19.2. The number of methoxy groups -OCH3 is 2. The van der Waals surface area contributed by atoms with Gasteiger partial charge in [0, 0.05) is 6.54 Å². The van der Waals surface area contributed by atoms with Crippen LogP contribution in [0.1, 0.15) is 22.0 Å². The molecule has 0 fully saturated rings. The number of rotatable bonds is 7. The average molecular weight is 382 g/mol. The predicted molar refractivity (Wildman–Crippen MR) is 94.6 cm³/mol. The third-order valence-corrected chi connectivity index (χ3v) is 4.15. The fourth-order valence-corrected chi connectivity index (χ4v) is 2.64. The maximum Gasteiger partial charge on any atom is 0.254 e. The van der Waals surface area contributed by atoms with Crippen LogP contribution in [0.2, 0.25) is 0 Å². The van der Waals surface area contributed by atoms with E-state index in [4.69, 9.17) is 9.47 Å². The third-order valence-electron chi connectivity index (χ3n) is 4.15. The molecule has 0 saturated heterocycles. The first-order valence-electron chi connectivity index (χ1n) is 8.10. The number of nitrogens with one attached hydrogen (secondary N) is 1. The molecule has 0 heterocycles. The summed E-state index contributed by atoms with van der Waals surface area (Å²) in [6.45, 7) is 0.111. The highest BCUT2D eigenvalue weighted by Crippen LogP contribution is 2.31. The molecule has 146 valence electrons. The molecular formula is C19H21F3N2O3. The van der Waals surface area contributed by atoms with Crippen LogP contribution in [0.4, 0.5) is 13.2 Å². The summed E-state index contributed by atoms with van der Waals surface area (Å²) < 4.78 is 50.6. The zero-order valence-corrected chi connectivity index (χ0v) is 15.5. The number of carbonyl (C=O) groups excluding carboxylic acids is 1. The van der Waals surface area contributed by atoms with E-state index in [2.05, 4.69) is 5.32 Å². The van der Waals surface area contributed by atoms with Gasteiger partial charge >= 0.3 is 0 Å². The molecule has 2 aromatic rings. The molecule has 0 aliphatic heterocycles. The Morgan fingerprint density at radius 2 is 1.70 bits per heavy atom. The molecule has 1 unspecified atom stereocenters. The van der Waals surface area contributed by atoms with Gasteiger partial charge in [-0.15, -0.1) is 0 Å². The van der Waals surface area contributed by atoms with Gasteiger partial charge in [-0.25, -0.2) is 13.2 Å². The zero-order valence-electron chi connectivity index (χ0n) is 15.5. The number of carbonyl (C=O) groups is 1. The van der Waals surface area contributed by atoms with Crippen LogP contribution in [-0.2, 0) is 0 Å². The van der Waals surface area contributed by atoms with Crippen LogP contribution in [0, 0.1) is 17.5 Å². The quantitative estimate of drug-likeness (QED) is 0.748. The summed E-state index contributed by atoms with van der Waals surface area (Å²) in [4.78, 5) is 14.1. The summed E-state index contributed by atoms with van der Waals surface area (Å²) in [5.74, 6) is -4.28. The second kappa shape index (κ2) is 8.77. The van der Waals surface area contributed by atoms with E-state index >= 15 is 0 Å². The van der Waals surface area contributed by atoms with Gasteiger partial charge in [0.05, 0.1) is 25.8 Å². The van der Waals surface area contributed by atoms with Crippen molar-refractivity contribution in [3.05, 3.63) is 58.9 Å². The van der Waals surface area contributed by atoms with E-state index in [1.165, 1.54) is 14.2 Å². The minimum Gasteiger partial charge on any atom is -0.493 e.